The summed E-state index contributed by atoms with van der Waals surface area (Å²) in [6.45, 7) is 9.82. The van der Waals surface area contributed by atoms with E-state index in [1.54, 1.807) is 0 Å². The van der Waals surface area contributed by atoms with Crippen molar-refractivity contribution in [3.63, 3.8) is 0 Å². The predicted octanol–water partition coefficient (Wildman–Crippen LogP) is 13.9. The van der Waals surface area contributed by atoms with Crippen LogP contribution in [-0.2, 0) is 19.1 Å². The second kappa shape index (κ2) is 36.8. The van der Waals surface area contributed by atoms with Crippen LogP contribution in [0.3, 0.4) is 0 Å². The Balaban J connectivity index is 4.83. The van der Waals surface area contributed by atoms with Gasteiger partial charge >= 0.3 is 11.9 Å². The molecule has 0 N–H and O–H groups in total. The van der Waals surface area contributed by atoms with E-state index in [-0.39, 0.29) is 23.8 Å². The summed E-state index contributed by atoms with van der Waals surface area (Å²) in [5, 5.41) is 0. The first kappa shape index (κ1) is 44.9. The smallest absolute Gasteiger partial charge is 0.309 e. The quantitative estimate of drug-likeness (QED) is 0.0496. The largest absolute Gasteiger partial charge is 0.465 e. The molecule has 0 aromatic heterocycles. The van der Waals surface area contributed by atoms with Gasteiger partial charge in [-0.05, 0) is 25.7 Å². The predicted molar refractivity (Wildman–Crippen MR) is 199 cm³/mol. The van der Waals surface area contributed by atoms with E-state index in [1.165, 1.54) is 128 Å². The Hall–Kier alpha value is -1.06. The highest BCUT2D eigenvalue weighted by molar-refractivity contribution is 5.82. The molecule has 0 aromatic carbocycles. The summed E-state index contributed by atoms with van der Waals surface area (Å²) in [5.41, 5.74) is 0. The molecule has 0 radical (unpaired) electrons. The van der Waals surface area contributed by atoms with Gasteiger partial charge in [-0.15, -0.1) is 0 Å². The molecule has 0 saturated heterocycles. The molecule has 4 nitrogen and oxygen atoms in total. The Morgan fingerprint density at radius 1 is 0.326 bits per heavy atom. The SMILES string of the molecule is CCCCCCCCCCCCCCC(C(=O)OCCCCC)C(CCCCCCCCCCCCCC)C(=O)OCCCCC. The molecule has 0 amide bonds. The van der Waals surface area contributed by atoms with E-state index in [1.807, 2.05) is 0 Å². The molecule has 2 unspecified atom stereocenters. The van der Waals surface area contributed by atoms with Gasteiger partial charge in [0.2, 0.25) is 0 Å². The molecule has 0 aliphatic carbocycles. The Morgan fingerprint density at radius 3 is 0.804 bits per heavy atom. The van der Waals surface area contributed by atoms with Crippen molar-refractivity contribution >= 4 is 11.9 Å². The molecule has 46 heavy (non-hydrogen) atoms. The summed E-state index contributed by atoms with van der Waals surface area (Å²) in [6.07, 6.45) is 38.7. The second-order valence-corrected chi connectivity index (χ2v) is 14.3. The number of rotatable bonds is 37. The number of hydrogen-bond donors (Lipinski definition) is 0. The highest BCUT2D eigenvalue weighted by Gasteiger charge is 2.35. The molecule has 0 aromatic rings. The van der Waals surface area contributed by atoms with Gasteiger partial charge in [-0.3, -0.25) is 9.59 Å². The number of hydrogen-bond acceptors (Lipinski definition) is 4. The van der Waals surface area contributed by atoms with Crippen LogP contribution < -0.4 is 0 Å². The first-order chi connectivity index (χ1) is 22.6. The van der Waals surface area contributed by atoms with Gasteiger partial charge in [0.05, 0.1) is 25.0 Å². The van der Waals surface area contributed by atoms with E-state index >= 15 is 0 Å². The third-order valence-electron chi connectivity index (χ3n) is 9.81. The zero-order chi connectivity index (χ0) is 33.8. The van der Waals surface area contributed by atoms with E-state index in [0.29, 0.717) is 13.2 Å². The average Bonchev–Trinajstić information content (AvgIpc) is 3.06. The molecule has 274 valence electrons. The fourth-order valence-corrected chi connectivity index (χ4v) is 6.64. The lowest BCUT2D eigenvalue weighted by molar-refractivity contribution is -0.161. The fourth-order valence-electron chi connectivity index (χ4n) is 6.64. The molecule has 2 atom stereocenters. The Kier molecular flexibility index (Phi) is 35.9. The monoisotopic (exact) mass is 651 g/mol. The summed E-state index contributed by atoms with van der Waals surface area (Å²) in [7, 11) is 0. The lowest BCUT2D eigenvalue weighted by Gasteiger charge is -2.25. The molecule has 0 aliphatic rings. The van der Waals surface area contributed by atoms with E-state index in [4.69, 9.17) is 9.47 Å². The molecule has 0 aliphatic heterocycles. The van der Waals surface area contributed by atoms with Crippen molar-refractivity contribution in [1.82, 2.24) is 0 Å². The Labute approximate surface area is 288 Å². The van der Waals surface area contributed by atoms with Gasteiger partial charge in [0, 0.05) is 0 Å². The van der Waals surface area contributed by atoms with Crippen molar-refractivity contribution in [2.24, 2.45) is 11.8 Å². The molecular weight excluding hydrogens is 568 g/mol. The Morgan fingerprint density at radius 2 is 0.543 bits per heavy atom. The molecule has 4 heteroatoms. The topological polar surface area (TPSA) is 52.6 Å². The number of esters is 2. The van der Waals surface area contributed by atoms with Crippen LogP contribution in [0.1, 0.15) is 233 Å². The Bertz CT molecular complexity index is 579. The van der Waals surface area contributed by atoms with Crippen molar-refractivity contribution in [2.75, 3.05) is 13.2 Å². The van der Waals surface area contributed by atoms with Crippen LogP contribution >= 0.6 is 0 Å². The maximum atomic E-state index is 13.4. The minimum Gasteiger partial charge on any atom is -0.465 e. The van der Waals surface area contributed by atoms with Crippen molar-refractivity contribution < 1.29 is 19.1 Å². The highest BCUT2D eigenvalue weighted by atomic mass is 16.5. The van der Waals surface area contributed by atoms with E-state index in [9.17, 15) is 9.59 Å². The van der Waals surface area contributed by atoms with Gasteiger partial charge in [0.15, 0.2) is 0 Å². The third kappa shape index (κ3) is 29.1. The standard InChI is InChI=1S/C42H82O4/c1-5-9-13-15-17-19-21-23-25-27-29-31-35-39(41(43)45-37-33-11-7-3)40(42(44)46-38-34-12-8-4)36-32-30-28-26-24-22-20-18-16-14-10-6-2/h39-40H,5-38H2,1-4H3. The molecule has 0 rings (SSSR count). The van der Waals surface area contributed by atoms with Crippen LogP contribution in [0.25, 0.3) is 0 Å². The maximum Gasteiger partial charge on any atom is 0.309 e. The molecule has 0 fully saturated rings. The van der Waals surface area contributed by atoms with Crippen LogP contribution in [0.15, 0.2) is 0 Å². The zero-order valence-electron chi connectivity index (χ0n) is 31.8. The van der Waals surface area contributed by atoms with Gasteiger partial charge in [-0.25, -0.2) is 0 Å². The first-order valence-electron chi connectivity index (χ1n) is 20.9. The van der Waals surface area contributed by atoms with Crippen molar-refractivity contribution in [3.05, 3.63) is 0 Å². The molecule has 0 saturated carbocycles. The van der Waals surface area contributed by atoms with Crippen molar-refractivity contribution in [2.45, 2.75) is 233 Å². The number of ether oxygens (including phenoxy) is 2. The normalized spacial score (nSPS) is 12.7. The molecular formula is C42H82O4. The summed E-state index contributed by atoms with van der Waals surface area (Å²) in [6, 6.07) is 0. The summed E-state index contributed by atoms with van der Waals surface area (Å²) < 4.78 is 11.6. The van der Waals surface area contributed by atoms with E-state index < -0.39 is 0 Å². The third-order valence-corrected chi connectivity index (χ3v) is 9.81. The first-order valence-corrected chi connectivity index (χ1v) is 20.9. The lowest BCUT2D eigenvalue weighted by atomic mass is 9.83. The maximum absolute atomic E-state index is 13.4. The van der Waals surface area contributed by atoms with Gasteiger partial charge in [-0.1, -0.05) is 207 Å². The van der Waals surface area contributed by atoms with Crippen molar-refractivity contribution in [1.29, 1.82) is 0 Å². The minimum absolute atomic E-state index is 0.159. The van der Waals surface area contributed by atoms with Gasteiger partial charge in [-0.2, -0.15) is 0 Å². The number of carbonyl (C=O) groups excluding carboxylic acids is 2. The molecule has 0 spiro atoms. The van der Waals surface area contributed by atoms with Crippen LogP contribution in [-0.4, -0.2) is 25.2 Å². The van der Waals surface area contributed by atoms with Gasteiger partial charge in [0.1, 0.15) is 0 Å². The van der Waals surface area contributed by atoms with Crippen molar-refractivity contribution in [3.8, 4) is 0 Å². The van der Waals surface area contributed by atoms with Crippen LogP contribution in [0.5, 0.6) is 0 Å². The van der Waals surface area contributed by atoms with Crippen LogP contribution in [0.4, 0.5) is 0 Å². The minimum atomic E-state index is -0.365. The average molecular weight is 651 g/mol. The number of carbonyl (C=O) groups is 2. The summed E-state index contributed by atoms with van der Waals surface area (Å²) in [4.78, 5) is 26.9. The number of unbranched alkanes of at least 4 members (excludes halogenated alkanes) is 26. The molecule has 0 heterocycles. The van der Waals surface area contributed by atoms with Crippen LogP contribution in [0, 0.1) is 11.8 Å². The van der Waals surface area contributed by atoms with Gasteiger partial charge in [0.25, 0.3) is 0 Å². The van der Waals surface area contributed by atoms with E-state index in [0.717, 1.165) is 77.0 Å². The van der Waals surface area contributed by atoms with Gasteiger partial charge < -0.3 is 9.47 Å². The fraction of sp³-hybridized carbons (Fsp3) is 0.952. The zero-order valence-corrected chi connectivity index (χ0v) is 31.8. The summed E-state index contributed by atoms with van der Waals surface area (Å²) in [5.74, 6) is -1.05. The second-order valence-electron chi connectivity index (χ2n) is 14.3. The highest BCUT2D eigenvalue weighted by Crippen LogP contribution is 2.29. The van der Waals surface area contributed by atoms with E-state index in [2.05, 4.69) is 27.7 Å². The lowest BCUT2D eigenvalue weighted by Crippen LogP contribution is -2.33. The summed E-state index contributed by atoms with van der Waals surface area (Å²) >= 11 is 0. The van der Waals surface area contributed by atoms with Crippen LogP contribution in [0.2, 0.25) is 0 Å². The molecule has 0 bridgehead atoms.